The van der Waals surface area contributed by atoms with E-state index >= 15 is 0 Å². The Bertz CT molecular complexity index is 1690. The van der Waals surface area contributed by atoms with Gasteiger partial charge in [0, 0.05) is 44.2 Å². The van der Waals surface area contributed by atoms with E-state index in [1.165, 1.54) is 0 Å². The SMILES string of the molecule is C=CCO[C@@]12Oc3ccc(OC(=O)NCC)cc3[C@H]3[C@H](CCCCO)[C@@H](CCCCO)C=C(C(=NOCC)C[C@@H]1N(CCC)C(=O)OCCOCc1ccccc1)[C@H]32. The topological polar surface area (TPSA) is 158 Å². The van der Waals surface area contributed by atoms with Gasteiger partial charge in [-0.3, -0.25) is 4.90 Å². The zero-order valence-electron chi connectivity index (χ0n) is 34.4. The second kappa shape index (κ2) is 22.6. The zero-order valence-corrected chi connectivity index (χ0v) is 34.4. The molecule has 58 heavy (non-hydrogen) atoms. The van der Waals surface area contributed by atoms with Crippen molar-refractivity contribution in [3.63, 3.8) is 0 Å². The Hall–Kier alpha value is -4.43. The number of unbranched alkanes of at least 4 members (excludes halogenated alkanes) is 2. The molecule has 318 valence electrons. The molecule has 1 fully saturated rings. The summed E-state index contributed by atoms with van der Waals surface area (Å²) in [5, 5.41) is 27.1. The third-order valence-electron chi connectivity index (χ3n) is 11.1. The van der Waals surface area contributed by atoms with Crippen molar-refractivity contribution in [2.45, 2.75) is 96.5 Å². The minimum absolute atomic E-state index is 0.0218. The van der Waals surface area contributed by atoms with Crippen molar-refractivity contribution in [1.82, 2.24) is 10.2 Å². The highest BCUT2D eigenvalue weighted by Crippen LogP contribution is 2.62. The first-order valence-electron chi connectivity index (χ1n) is 21.1. The van der Waals surface area contributed by atoms with Crippen LogP contribution in [0.2, 0.25) is 0 Å². The number of aliphatic hydroxyl groups excluding tert-OH is 2. The number of ether oxygens (including phenoxy) is 5. The Balaban J connectivity index is 1.63. The standard InChI is InChI=1S/C45H63N3O10/c1-5-22-48(44(52)54-27-26-53-31-32-16-10-9-11-17-32)40-30-38(47-56-8-4)36-28-33(18-12-14-23-49)35(19-13-15-24-50)41-37-29-34(57-43(51)46-7-3)20-21-39(37)58-45(40,42(36)41)55-25-6-2/h6,9-11,16-17,20-21,28-29,33,35,40-42,49-50H,2,5,7-8,12-15,18-19,22-27,30-31H2,1,3-4H3,(H,46,51)/t33-,35+,40-,41+,42+,45+/m0/s1. The molecule has 6 atom stereocenters. The molecule has 0 saturated heterocycles. The number of aliphatic hydroxyl groups is 2. The molecule has 1 saturated carbocycles. The average Bonchev–Trinajstić information content (AvgIpc) is 3.23. The highest BCUT2D eigenvalue weighted by atomic mass is 16.7. The van der Waals surface area contributed by atoms with Crippen molar-refractivity contribution in [3.05, 3.63) is 84.0 Å². The fourth-order valence-corrected chi connectivity index (χ4v) is 8.79. The van der Waals surface area contributed by atoms with E-state index in [9.17, 15) is 19.8 Å². The summed E-state index contributed by atoms with van der Waals surface area (Å²) in [6.07, 6.45) is 8.28. The monoisotopic (exact) mass is 805 g/mol. The van der Waals surface area contributed by atoms with Crippen LogP contribution in [0.4, 0.5) is 9.59 Å². The van der Waals surface area contributed by atoms with Crippen LogP contribution in [0.1, 0.15) is 89.2 Å². The number of carbonyl (C=O) groups is 2. The Labute approximate surface area is 343 Å². The number of allylic oxidation sites excluding steroid dienone is 1. The number of amides is 2. The molecule has 5 rings (SSSR count). The maximum atomic E-state index is 14.3. The number of hydrogen-bond donors (Lipinski definition) is 3. The van der Waals surface area contributed by atoms with E-state index < -0.39 is 29.9 Å². The number of rotatable bonds is 23. The van der Waals surface area contributed by atoms with Crippen LogP contribution in [-0.2, 0) is 25.7 Å². The van der Waals surface area contributed by atoms with Gasteiger partial charge in [-0.1, -0.05) is 67.4 Å². The first-order chi connectivity index (χ1) is 28.3. The smallest absolute Gasteiger partial charge is 0.412 e. The van der Waals surface area contributed by atoms with Crippen LogP contribution in [0.5, 0.6) is 11.5 Å². The summed E-state index contributed by atoms with van der Waals surface area (Å²) in [7, 11) is 0. The van der Waals surface area contributed by atoms with Crippen LogP contribution < -0.4 is 14.8 Å². The van der Waals surface area contributed by atoms with Crippen LogP contribution in [0.15, 0.2) is 78.0 Å². The van der Waals surface area contributed by atoms with E-state index in [1.807, 2.05) is 63.2 Å². The van der Waals surface area contributed by atoms with Gasteiger partial charge in [0.1, 0.15) is 30.8 Å². The highest BCUT2D eigenvalue weighted by molar-refractivity contribution is 6.03. The molecule has 0 spiro atoms. The van der Waals surface area contributed by atoms with Crippen molar-refractivity contribution in [3.8, 4) is 11.5 Å². The molecule has 0 unspecified atom stereocenters. The number of nitrogens with zero attached hydrogens (tertiary/aromatic N) is 2. The minimum Gasteiger partial charge on any atom is -0.459 e. The molecule has 0 aromatic heterocycles. The molecule has 1 aliphatic heterocycles. The van der Waals surface area contributed by atoms with Gasteiger partial charge in [-0.15, -0.1) is 6.58 Å². The van der Waals surface area contributed by atoms with Crippen molar-refractivity contribution >= 4 is 17.9 Å². The minimum atomic E-state index is -1.42. The van der Waals surface area contributed by atoms with E-state index in [1.54, 1.807) is 17.0 Å². The molecular formula is C45H63N3O10. The second-order valence-corrected chi connectivity index (χ2v) is 15.0. The van der Waals surface area contributed by atoms with Crippen LogP contribution in [0.3, 0.4) is 0 Å². The molecule has 2 aliphatic carbocycles. The van der Waals surface area contributed by atoms with Crippen molar-refractivity contribution in [1.29, 1.82) is 0 Å². The van der Waals surface area contributed by atoms with Crippen molar-refractivity contribution in [2.24, 2.45) is 22.9 Å². The largest absolute Gasteiger partial charge is 0.459 e. The van der Waals surface area contributed by atoms with Crippen molar-refractivity contribution < 1.29 is 48.3 Å². The first kappa shape index (κ1) is 44.7. The number of nitrogens with one attached hydrogen (secondary N) is 1. The number of carbonyl (C=O) groups excluding carboxylic acids is 2. The Morgan fingerprint density at radius 1 is 1.03 bits per heavy atom. The van der Waals surface area contributed by atoms with Gasteiger partial charge in [-0.05, 0) is 87.1 Å². The summed E-state index contributed by atoms with van der Waals surface area (Å²) in [6, 6.07) is 14.5. The summed E-state index contributed by atoms with van der Waals surface area (Å²) >= 11 is 0. The van der Waals surface area contributed by atoms with E-state index in [0.29, 0.717) is 62.8 Å². The van der Waals surface area contributed by atoms with Gasteiger partial charge in [0.15, 0.2) is 0 Å². The molecule has 13 heteroatoms. The summed E-state index contributed by atoms with van der Waals surface area (Å²) in [6.45, 7) is 11.8. The van der Waals surface area contributed by atoms with Gasteiger partial charge in [-0.25, -0.2) is 9.59 Å². The van der Waals surface area contributed by atoms with Gasteiger partial charge in [0.25, 0.3) is 0 Å². The lowest BCUT2D eigenvalue weighted by Gasteiger charge is -2.59. The fourth-order valence-electron chi connectivity index (χ4n) is 8.79. The number of fused-ring (bicyclic) bond motifs is 2. The highest BCUT2D eigenvalue weighted by Gasteiger charge is 2.65. The number of oxime groups is 1. The Morgan fingerprint density at radius 3 is 2.52 bits per heavy atom. The van der Waals surface area contributed by atoms with Gasteiger partial charge in [0.05, 0.1) is 31.5 Å². The summed E-state index contributed by atoms with van der Waals surface area (Å²) in [5.41, 5.74) is 3.50. The third-order valence-corrected chi connectivity index (χ3v) is 11.1. The predicted molar refractivity (Wildman–Crippen MR) is 221 cm³/mol. The van der Waals surface area contributed by atoms with Gasteiger partial charge < -0.3 is 44.1 Å². The van der Waals surface area contributed by atoms with Gasteiger partial charge in [0.2, 0.25) is 5.79 Å². The lowest BCUT2D eigenvalue weighted by Crippen LogP contribution is -2.70. The van der Waals surface area contributed by atoms with Crippen LogP contribution >= 0.6 is 0 Å². The Morgan fingerprint density at radius 2 is 1.81 bits per heavy atom. The third kappa shape index (κ3) is 10.8. The summed E-state index contributed by atoms with van der Waals surface area (Å²) in [4.78, 5) is 34.5. The molecule has 2 aromatic rings. The lowest BCUT2D eigenvalue weighted by molar-refractivity contribution is -0.255. The van der Waals surface area contributed by atoms with E-state index in [0.717, 1.165) is 42.4 Å². The molecule has 3 aliphatic rings. The van der Waals surface area contributed by atoms with Crippen LogP contribution in [-0.4, -0.2) is 97.6 Å². The van der Waals surface area contributed by atoms with Gasteiger partial charge in [-0.2, -0.15) is 0 Å². The Kier molecular flexibility index (Phi) is 17.4. The lowest BCUT2D eigenvalue weighted by atomic mass is 9.55. The average molecular weight is 806 g/mol. The van der Waals surface area contributed by atoms with E-state index in [-0.39, 0.29) is 57.2 Å². The molecule has 13 nitrogen and oxygen atoms in total. The molecule has 3 N–H and O–H groups in total. The predicted octanol–water partition coefficient (Wildman–Crippen LogP) is 7.51. The molecule has 2 aromatic carbocycles. The summed E-state index contributed by atoms with van der Waals surface area (Å²) < 4.78 is 31.7. The fraction of sp³-hybridized carbons (Fsp3) is 0.578. The molecular weight excluding hydrogens is 743 g/mol. The number of benzene rings is 2. The van der Waals surface area contributed by atoms with Gasteiger partial charge >= 0.3 is 12.2 Å². The second-order valence-electron chi connectivity index (χ2n) is 15.0. The molecule has 0 radical (unpaired) electrons. The van der Waals surface area contributed by atoms with Crippen molar-refractivity contribution in [2.75, 3.05) is 52.7 Å². The molecule has 0 bridgehead atoms. The van der Waals surface area contributed by atoms with Crippen LogP contribution in [0.25, 0.3) is 0 Å². The molecule has 1 heterocycles. The normalized spacial score (nSPS) is 23.8. The van der Waals surface area contributed by atoms with Crippen LogP contribution in [0, 0.1) is 17.8 Å². The number of hydrogen-bond acceptors (Lipinski definition) is 11. The van der Waals surface area contributed by atoms with E-state index in [2.05, 4.69) is 18.0 Å². The maximum absolute atomic E-state index is 14.3. The zero-order chi connectivity index (χ0) is 41.3. The maximum Gasteiger partial charge on any atom is 0.412 e. The summed E-state index contributed by atoms with van der Waals surface area (Å²) in [5.74, 6) is -1.16. The first-order valence-corrected chi connectivity index (χ1v) is 21.1. The molecule has 2 amide bonds. The van der Waals surface area contributed by atoms with E-state index in [4.69, 9.17) is 33.7 Å². The quantitative estimate of drug-likeness (QED) is 0.0583.